The number of hydrogen-bond donors (Lipinski definition) is 2. The lowest BCUT2D eigenvalue weighted by molar-refractivity contribution is 0.406. The predicted octanol–water partition coefficient (Wildman–Crippen LogP) is 2.27. The van der Waals surface area contributed by atoms with Crippen LogP contribution in [-0.2, 0) is 0 Å². The summed E-state index contributed by atoms with van der Waals surface area (Å²) in [7, 11) is 0. The molecule has 1 aromatic rings. The summed E-state index contributed by atoms with van der Waals surface area (Å²) in [6.07, 6.45) is 2.79. The van der Waals surface area contributed by atoms with Crippen LogP contribution < -0.4 is 11.1 Å². The molecule has 1 atom stereocenters. The van der Waals surface area contributed by atoms with Gasteiger partial charge < -0.3 is 11.1 Å². The molecule has 0 saturated carbocycles. The lowest BCUT2D eigenvalue weighted by Gasteiger charge is -2.31. The summed E-state index contributed by atoms with van der Waals surface area (Å²) in [5, 5.41) is 3.41. The van der Waals surface area contributed by atoms with Crippen molar-refractivity contribution in [3.05, 3.63) is 17.6 Å². The van der Waals surface area contributed by atoms with Crippen molar-refractivity contribution in [3.8, 4) is 0 Å². The summed E-state index contributed by atoms with van der Waals surface area (Å²) in [5.74, 6) is 1.40. The van der Waals surface area contributed by atoms with Gasteiger partial charge in [-0.3, -0.25) is 4.98 Å². The van der Waals surface area contributed by atoms with Crippen molar-refractivity contribution in [3.63, 3.8) is 0 Å². The van der Waals surface area contributed by atoms with Crippen LogP contribution in [0.2, 0.25) is 0 Å². The van der Waals surface area contributed by atoms with Crippen LogP contribution >= 0.6 is 0 Å². The van der Waals surface area contributed by atoms with E-state index in [0.717, 1.165) is 23.6 Å². The summed E-state index contributed by atoms with van der Waals surface area (Å²) in [6.45, 7) is 11.0. The van der Waals surface area contributed by atoms with Gasteiger partial charge in [0, 0.05) is 12.1 Å². The first-order valence-electron chi connectivity index (χ1n) is 6.15. The molecule has 96 valence electrons. The van der Waals surface area contributed by atoms with Crippen molar-refractivity contribution in [1.82, 2.24) is 9.97 Å². The van der Waals surface area contributed by atoms with Crippen LogP contribution in [0.1, 0.15) is 38.6 Å². The van der Waals surface area contributed by atoms with E-state index < -0.39 is 0 Å². The standard InChI is InChI=1S/C13H24N4/c1-9(2)6-13(5,8-14)17-12-7-15-10(3)11(4)16-12/h7,9H,6,8,14H2,1-5H3,(H,16,17). The number of nitrogens with one attached hydrogen (secondary N) is 1. The Morgan fingerprint density at radius 2 is 2.00 bits per heavy atom. The Balaban J connectivity index is 2.83. The molecule has 0 amide bonds. The van der Waals surface area contributed by atoms with Gasteiger partial charge in [0.1, 0.15) is 5.82 Å². The highest BCUT2D eigenvalue weighted by Crippen LogP contribution is 2.20. The molecule has 1 unspecified atom stereocenters. The second-order valence-electron chi connectivity index (χ2n) is 5.41. The molecule has 4 nitrogen and oxygen atoms in total. The molecular formula is C13H24N4. The van der Waals surface area contributed by atoms with Crippen LogP contribution in [0.5, 0.6) is 0 Å². The highest BCUT2D eigenvalue weighted by Gasteiger charge is 2.24. The van der Waals surface area contributed by atoms with Crippen LogP contribution in [0.3, 0.4) is 0 Å². The molecule has 0 fully saturated rings. The van der Waals surface area contributed by atoms with Crippen LogP contribution in [0, 0.1) is 19.8 Å². The molecule has 17 heavy (non-hydrogen) atoms. The van der Waals surface area contributed by atoms with Crippen molar-refractivity contribution < 1.29 is 0 Å². The van der Waals surface area contributed by atoms with E-state index in [4.69, 9.17) is 5.73 Å². The maximum Gasteiger partial charge on any atom is 0.145 e. The Hall–Kier alpha value is -1.16. The first-order valence-corrected chi connectivity index (χ1v) is 6.15. The molecule has 0 aliphatic heterocycles. The van der Waals surface area contributed by atoms with Crippen molar-refractivity contribution in [1.29, 1.82) is 0 Å². The Morgan fingerprint density at radius 1 is 1.35 bits per heavy atom. The van der Waals surface area contributed by atoms with Crippen LogP contribution in [0.4, 0.5) is 5.82 Å². The lowest BCUT2D eigenvalue weighted by atomic mass is 9.91. The van der Waals surface area contributed by atoms with Crippen molar-refractivity contribution in [2.45, 2.75) is 46.6 Å². The van der Waals surface area contributed by atoms with Gasteiger partial charge in [0.15, 0.2) is 0 Å². The molecule has 0 aliphatic carbocycles. The van der Waals surface area contributed by atoms with Gasteiger partial charge in [0.2, 0.25) is 0 Å². The van der Waals surface area contributed by atoms with Crippen LogP contribution in [0.25, 0.3) is 0 Å². The van der Waals surface area contributed by atoms with Gasteiger partial charge in [-0.2, -0.15) is 0 Å². The molecule has 1 heterocycles. The second-order valence-corrected chi connectivity index (χ2v) is 5.41. The molecule has 0 radical (unpaired) electrons. The van der Waals surface area contributed by atoms with Crippen molar-refractivity contribution >= 4 is 5.82 Å². The van der Waals surface area contributed by atoms with E-state index in [1.54, 1.807) is 6.20 Å². The summed E-state index contributed by atoms with van der Waals surface area (Å²) in [5.41, 5.74) is 7.66. The first-order chi connectivity index (χ1) is 7.86. The van der Waals surface area contributed by atoms with Gasteiger partial charge in [-0.05, 0) is 33.1 Å². The zero-order valence-electron chi connectivity index (χ0n) is 11.5. The van der Waals surface area contributed by atoms with E-state index in [2.05, 4.69) is 36.1 Å². The van der Waals surface area contributed by atoms with E-state index in [-0.39, 0.29) is 5.54 Å². The fourth-order valence-electron chi connectivity index (χ4n) is 2.00. The van der Waals surface area contributed by atoms with Crippen molar-refractivity contribution in [2.75, 3.05) is 11.9 Å². The molecule has 0 aliphatic rings. The minimum absolute atomic E-state index is 0.120. The SMILES string of the molecule is Cc1ncc(NC(C)(CN)CC(C)C)nc1C. The average molecular weight is 236 g/mol. The molecule has 3 N–H and O–H groups in total. The van der Waals surface area contributed by atoms with Gasteiger partial charge >= 0.3 is 0 Å². The zero-order valence-corrected chi connectivity index (χ0v) is 11.5. The normalized spacial score (nSPS) is 14.8. The quantitative estimate of drug-likeness (QED) is 0.823. The van der Waals surface area contributed by atoms with E-state index in [9.17, 15) is 0 Å². The van der Waals surface area contributed by atoms with Gasteiger partial charge in [-0.25, -0.2) is 4.98 Å². The second kappa shape index (κ2) is 5.45. The number of nitrogens with two attached hydrogens (primary N) is 1. The van der Waals surface area contributed by atoms with Crippen LogP contribution in [0.15, 0.2) is 6.20 Å². The number of aromatic nitrogens is 2. The van der Waals surface area contributed by atoms with E-state index in [0.29, 0.717) is 12.5 Å². The number of rotatable bonds is 5. The molecule has 0 aromatic carbocycles. The van der Waals surface area contributed by atoms with Gasteiger partial charge in [0.25, 0.3) is 0 Å². The first kappa shape index (κ1) is 13.9. The molecule has 0 bridgehead atoms. The number of hydrogen-bond acceptors (Lipinski definition) is 4. The summed E-state index contributed by atoms with van der Waals surface area (Å²) >= 11 is 0. The largest absolute Gasteiger partial charge is 0.362 e. The van der Waals surface area contributed by atoms with Gasteiger partial charge in [-0.1, -0.05) is 13.8 Å². The minimum atomic E-state index is -0.120. The molecule has 0 saturated heterocycles. The molecule has 0 spiro atoms. The molecular weight excluding hydrogens is 212 g/mol. The topological polar surface area (TPSA) is 63.8 Å². The average Bonchev–Trinajstić information content (AvgIpc) is 2.22. The Kier molecular flexibility index (Phi) is 4.46. The van der Waals surface area contributed by atoms with Gasteiger partial charge in [0.05, 0.1) is 17.6 Å². The number of aryl methyl sites for hydroxylation is 2. The zero-order chi connectivity index (χ0) is 13.1. The Morgan fingerprint density at radius 3 is 2.47 bits per heavy atom. The maximum absolute atomic E-state index is 5.86. The Labute approximate surface area is 104 Å². The fraction of sp³-hybridized carbons (Fsp3) is 0.692. The highest BCUT2D eigenvalue weighted by molar-refractivity contribution is 5.36. The summed E-state index contributed by atoms with van der Waals surface area (Å²) < 4.78 is 0. The minimum Gasteiger partial charge on any atom is -0.362 e. The summed E-state index contributed by atoms with van der Waals surface area (Å²) in [4.78, 5) is 8.79. The summed E-state index contributed by atoms with van der Waals surface area (Å²) in [6, 6.07) is 0. The molecule has 1 aromatic heterocycles. The smallest absolute Gasteiger partial charge is 0.145 e. The maximum atomic E-state index is 5.86. The third-order valence-electron chi connectivity index (χ3n) is 2.93. The third-order valence-corrected chi connectivity index (χ3v) is 2.93. The molecule has 1 rings (SSSR count). The highest BCUT2D eigenvalue weighted by atomic mass is 15.1. The monoisotopic (exact) mass is 236 g/mol. The fourth-order valence-corrected chi connectivity index (χ4v) is 2.00. The lowest BCUT2D eigenvalue weighted by Crippen LogP contribution is -2.44. The number of anilines is 1. The number of nitrogens with zero attached hydrogens (tertiary/aromatic N) is 2. The van der Waals surface area contributed by atoms with Crippen molar-refractivity contribution in [2.24, 2.45) is 11.7 Å². The predicted molar refractivity (Wildman–Crippen MR) is 72.0 cm³/mol. The van der Waals surface area contributed by atoms with E-state index in [1.165, 1.54) is 0 Å². The van der Waals surface area contributed by atoms with Crippen LogP contribution in [-0.4, -0.2) is 22.1 Å². The molecule has 4 heteroatoms. The Bertz CT molecular complexity index is 376. The third kappa shape index (κ3) is 3.97. The van der Waals surface area contributed by atoms with Gasteiger partial charge in [-0.15, -0.1) is 0 Å². The van der Waals surface area contributed by atoms with E-state index >= 15 is 0 Å². The van der Waals surface area contributed by atoms with E-state index in [1.807, 2.05) is 13.8 Å².